The van der Waals surface area contributed by atoms with Crippen LogP contribution in [0.5, 0.6) is 0 Å². The van der Waals surface area contributed by atoms with Crippen LogP contribution in [-0.4, -0.2) is 27.7 Å². The van der Waals surface area contributed by atoms with Crippen LogP contribution in [0.25, 0.3) is 0 Å². The fraction of sp³-hybridized carbons (Fsp3) is 0.600. The number of nitrogens with zero attached hydrogens (tertiary/aromatic N) is 2. The van der Waals surface area contributed by atoms with Gasteiger partial charge in [0.2, 0.25) is 0 Å². The molecule has 0 amide bonds. The third kappa shape index (κ3) is 1.85. The second-order valence-electron chi connectivity index (χ2n) is 3.73. The molecule has 0 bridgehead atoms. The number of anilines is 1. The number of hydrogen-bond acceptors (Lipinski definition) is 4. The first-order valence-corrected chi connectivity index (χ1v) is 5.02. The number of rotatable bonds is 3. The molecular weight excluding hydrogens is 178 g/mol. The SMILES string of the molecule is CC(O)CNc1ncnc2c1CCC2. The zero-order valence-electron chi connectivity index (χ0n) is 8.32. The summed E-state index contributed by atoms with van der Waals surface area (Å²) in [6, 6.07) is 0. The normalized spacial score (nSPS) is 16.4. The lowest BCUT2D eigenvalue weighted by Crippen LogP contribution is -2.17. The Bertz CT molecular complexity index is 325. The predicted octanol–water partition coefficient (Wildman–Crippen LogP) is 0.758. The van der Waals surface area contributed by atoms with E-state index in [-0.39, 0.29) is 6.10 Å². The maximum atomic E-state index is 9.16. The Labute approximate surface area is 83.4 Å². The van der Waals surface area contributed by atoms with Crippen LogP contribution in [0.2, 0.25) is 0 Å². The Balaban J connectivity index is 2.14. The van der Waals surface area contributed by atoms with Crippen molar-refractivity contribution in [1.29, 1.82) is 0 Å². The van der Waals surface area contributed by atoms with Gasteiger partial charge in [0.05, 0.1) is 6.10 Å². The molecule has 0 radical (unpaired) electrons. The fourth-order valence-corrected chi connectivity index (χ4v) is 1.76. The van der Waals surface area contributed by atoms with E-state index in [4.69, 9.17) is 5.11 Å². The van der Waals surface area contributed by atoms with Gasteiger partial charge in [-0.05, 0) is 26.2 Å². The van der Waals surface area contributed by atoms with Crippen LogP contribution in [0.4, 0.5) is 5.82 Å². The molecule has 0 fully saturated rings. The Morgan fingerprint density at radius 3 is 3.14 bits per heavy atom. The van der Waals surface area contributed by atoms with Crippen molar-refractivity contribution in [3.63, 3.8) is 0 Å². The number of aryl methyl sites for hydroxylation is 1. The van der Waals surface area contributed by atoms with Gasteiger partial charge in [-0.15, -0.1) is 0 Å². The van der Waals surface area contributed by atoms with E-state index in [0.29, 0.717) is 6.54 Å². The zero-order chi connectivity index (χ0) is 9.97. The standard InChI is InChI=1S/C10H15N3O/c1-7(14)5-11-10-8-3-2-4-9(8)12-6-13-10/h6-7,14H,2-5H2,1H3,(H,11,12,13). The smallest absolute Gasteiger partial charge is 0.132 e. The summed E-state index contributed by atoms with van der Waals surface area (Å²) in [5.41, 5.74) is 2.39. The number of aliphatic hydroxyl groups is 1. The summed E-state index contributed by atoms with van der Waals surface area (Å²) < 4.78 is 0. The van der Waals surface area contributed by atoms with Gasteiger partial charge in [-0.2, -0.15) is 0 Å². The summed E-state index contributed by atoms with van der Waals surface area (Å²) in [6.07, 6.45) is 4.52. The van der Waals surface area contributed by atoms with Crippen molar-refractivity contribution in [2.24, 2.45) is 0 Å². The minimum absolute atomic E-state index is 0.345. The second kappa shape index (κ2) is 3.92. The molecule has 0 spiro atoms. The van der Waals surface area contributed by atoms with E-state index in [1.165, 1.54) is 5.56 Å². The topological polar surface area (TPSA) is 58.0 Å². The first-order chi connectivity index (χ1) is 6.77. The van der Waals surface area contributed by atoms with Gasteiger partial charge < -0.3 is 10.4 Å². The lowest BCUT2D eigenvalue weighted by atomic mass is 10.2. The summed E-state index contributed by atoms with van der Waals surface area (Å²) in [7, 11) is 0. The van der Waals surface area contributed by atoms with Gasteiger partial charge in [-0.25, -0.2) is 9.97 Å². The van der Waals surface area contributed by atoms with Crippen LogP contribution in [0, 0.1) is 0 Å². The predicted molar refractivity (Wildman–Crippen MR) is 54.2 cm³/mol. The molecule has 0 saturated carbocycles. The highest BCUT2D eigenvalue weighted by Gasteiger charge is 2.16. The number of aromatic nitrogens is 2. The molecule has 4 nitrogen and oxygen atoms in total. The molecule has 1 aliphatic carbocycles. The molecule has 1 aromatic heterocycles. The molecule has 2 N–H and O–H groups in total. The minimum atomic E-state index is -0.345. The number of aliphatic hydroxyl groups excluding tert-OH is 1. The highest BCUT2D eigenvalue weighted by Crippen LogP contribution is 2.24. The van der Waals surface area contributed by atoms with Crippen molar-refractivity contribution in [2.45, 2.75) is 32.3 Å². The second-order valence-corrected chi connectivity index (χ2v) is 3.73. The maximum Gasteiger partial charge on any atom is 0.132 e. The van der Waals surface area contributed by atoms with Gasteiger partial charge in [0, 0.05) is 17.8 Å². The van der Waals surface area contributed by atoms with Crippen LogP contribution in [0.15, 0.2) is 6.33 Å². The van der Waals surface area contributed by atoms with Crippen LogP contribution in [-0.2, 0) is 12.8 Å². The summed E-state index contributed by atoms with van der Waals surface area (Å²) >= 11 is 0. The van der Waals surface area contributed by atoms with Crippen LogP contribution < -0.4 is 5.32 Å². The van der Waals surface area contributed by atoms with Crippen molar-refractivity contribution in [3.8, 4) is 0 Å². The molecular formula is C10H15N3O. The van der Waals surface area contributed by atoms with Crippen LogP contribution in [0.3, 0.4) is 0 Å². The van der Waals surface area contributed by atoms with Crippen molar-refractivity contribution in [1.82, 2.24) is 9.97 Å². The van der Waals surface area contributed by atoms with Crippen LogP contribution in [0.1, 0.15) is 24.6 Å². The first kappa shape index (κ1) is 9.40. The average molecular weight is 193 g/mol. The molecule has 1 heterocycles. The summed E-state index contributed by atoms with van der Waals surface area (Å²) in [5, 5.41) is 12.3. The zero-order valence-corrected chi connectivity index (χ0v) is 8.32. The molecule has 2 rings (SSSR count). The minimum Gasteiger partial charge on any atom is -0.392 e. The van der Waals surface area contributed by atoms with Crippen molar-refractivity contribution >= 4 is 5.82 Å². The van der Waals surface area contributed by atoms with E-state index in [2.05, 4.69) is 15.3 Å². The van der Waals surface area contributed by atoms with Crippen molar-refractivity contribution in [3.05, 3.63) is 17.6 Å². The van der Waals surface area contributed by atoms with Gasteiger partial charge in [0.1, 0.15) is 12.1 Å². The van der Waals surface area contributed by atoms with E-state index in [9.17, 15) is 0 Å². The average Bonchev–Trinajstić information content (AvgIpc) is 2.62. The Morgan fingerprint density at radius 2 is 2.36 bits per heavy atom. The summed E-state index contributed by atoms with van der Waals surface area (Å²) in [5.74, 6) is 0.897. The van der Waals surface area contributed by atoms with E-state index >= 15 is 0 Å². The lowest BCUT2D eigenvalue weighted by Gasteiger charge is -2.10. The highest BCUT2D eigenvalue weighted by atomic mass is 16.3. The monoisotopic (exact) mass is 193 g/mol. The summed E-state index contributed by atoms with van der Waals surface area (Å²) in [6.45, 7) is 2.30. The summed E-state index contributed by atoms with van der Waals surface area (Å²) in [4.78, 5) is 8.42. The quantitative estimate of drug-likeness (QED) is 0.744. The van der Waals surface area contributed by atoms with E-state index in [1.807, 2.05) is 0 Å². The molecule has 76 valence electrons. The molecule has 14 heavy (non-hydrogen) atoms. The number of hydrogen-bond donors (Lipinski definition) is 2. The van der Waals surface area contributed by atoms with Gasteiger partial charge >= 0.3 is 0 Å². The Kier molecular flexibility index (Phi) is 2.63. The third-order valence-corrected chi connectivity index (χ3v) is 2.44. The number of fused-ring (bicyclic) bond motifs is 1. The largest absolute Gasteiger partial charge is 0.392 e. The molecule has 0 aromatic carbocycles. The molecule has 0 aliphatic heterocycles. The van der Waals surface area contributed by atoms with E-state index < -0.39 is 0 Å². The van der Waals surface area contributed by atoms with Gasteiger partial charge in [-0.3, -0.25) is 0 Å². The van der Waals surface area contributed by atoms with Gasteiger partial charge in [0.15, 0.2) is 0 Å². The van der Waals surface area contributed by atoms with Crippen LogP contribution >= 0.6 is 0 Å². The molecule has 0 saturated heterocycles. The van der Waals surface area contributed by atoms with Crippen molar-refractivity contribution in [2.75, 3.05) is 11.9 Å². The van der Waals surface area contributed by atoms with E-state index in [1.54, 1.807) is 13.3 Å². The molecule has 1 atom stereocenters. The molecule has 1 unspecified atom stereocenters. The Morgan fingerprint density at radius 1 is 1.50 bits per heavy atom. The molecule has 4 heteroatoms. The number of nitrogens with one attached hydrogen (secondary N) is 1. The fourth-order valence-electron chi connectivity index (χ4n) is 1.76. The van der Waals surface area contributed by atoms with Gasteiger partial charge in [-0.1, -0.05) is 0 Å². The maximum absolute atomic E-state index is 9.16. The first-order valence-electron chi connectivity index (χ1n) is 5.02. The third-order valence-electron chi connectivity index (χ3n) is 2.44. The molecule has 1 aromatic rings. The van der Waals surface area contributed by atoms with E-state index in [0.717, 1.165) is 30.8 Å². The van der Waals surface area contributed by atoms with Crippen molar-refractivity contribution < 1.29 is 5.11 Å². The molecule has 1 aliphatic rings. The highest BCUT2D eigenvalue weighted by molar-refractivity contribution is 5.47. The Hall–Kier alpha value is -1.16. The lowest BCUT2D eigenvalue weighted by molar-refractivity contribution is 0.208. The van der Waals surface area contributed by atoms with Gasteiger partial charge in [0.25, 0.3) is 0 Å².